The van der Waals surface area contributed by atoms with E-state index in [1.54, 1.807) is 14.2 Å². The number of amides is 1. The van der Waals surface area contributed by atoms with Gasteiger partial charge >= 0.3 is 6.09 Å². The molecule has 1 N–H and O–H groups in total. The van der Waals surface area contributed by atoms with E-state index >= 15 is 0 Å². The van der Waals surface area contributed by atoms with Crippen LogP contribution in [0.5, 0.6) is 11.5 Å². The zero-order chi connectivity index (χ0) is 28.2. The molecular weight excluding hydrogens is 486 g/mol. The molecule has 0 saturated carbocycles. The minimum Gasteiger partial charge on any atom is -0.493 e. The fourth-order valence-electron chi connectivity index (χ4n) is 5.82. The first kappa shape index (κ1) is 30.5. The minimum absolute atomic E-state index is 0.0325. The first-order chi connectivity index (χ1) is 17.9. The average Bonchev–Trinajstić information content (AvgIpc) is 3.42. The lowest BCUT2D eigenvalue weighted by Gasteiger charge is -2.36. The van der Waals surface area contributed by atoms with Crippen molar-refractivity contribution in [1.82, 2.24) is 4.90 Å². The zero-order valence-electron chi connectivity index (χ0n) is 24.7. The van der Waals surface area contributed by atoms with Crippen molar-refractivity contribution in [1.29, 1.82) is 0 Å². The number of carbonyl (C=O) groups is 1. The molecule has 2 aliphatic rings. The van der Waals surface area contributed by atoms with Crippen LogP contribution in [0.15, 0.2) is 18.2 Å². The minimum atomic E-state index is -0.829. The molecule has 38 heavy (non-hydrogen) atoms. The molecule has 2 aliphatic heterocycles. The van der Waals surface area contributed by atoms with Crippen LogP contribution in [-0.2, 0) is 14.2 Å². The quantitative estimate of drug-likeness (QED) is 0.378. The number of methoxy groups -OCH3 is 2. The maximum absolute atomic E-state index is 13.8. The summed E-state index contributed by atoms with van der Waals surface area (Å²) >= 11 is 0. The normalized spacial score (nSPS) is 27.8. The number of hydrogen-bond donors (Lipinski definition) is 1. The second kappa shape index (κ2) is 12.9. The Labute approximate surface area is 228 Å². The predicted molar refractivity (Wildman–Crippen MR) is 146 cm³/mol. The van der Waals surface area contributed by atoms with Gasteiger partial charge in [0, 0.05) is 26.1 Å². The molecule has 0 spiro atoms. The molecule has 2 saturated heterocycles. The molecule has 216 valence electrons. The highest BCUT2D eigenvalue weighted by Crippen LogP contribution is 2.50. The van der Waals surface area contributed by atoms with Gasteiger partial charge in [0.2, 0.25) is 0 Å². The van der Waals surface area contributed by atoms with Gasteiger partial charge in [-0.15, -0.1) is 0 Å². The number of likely N-dealkylation sites (tertiary alicyclic amines) is 1. The highest BCUT2D eigenvalue weighted by Gasteiger charge is 2.53. The molecule has 0 aliphatic carbocycles. The summed E-state index contributed by atoms with van der Waals surface area (Å²) in [5.41, 5.74) is 0.326. The highest BCUT2D eigenvalue weighted by atomic mass is 16.6. The lowest BCUT2D eigenvalue weighted by atomic mass is 9.83. The molecule has 0 aromatic heterocycles. The lowest BCUT2D eigenvalue weighted by molar-refractivity contribution is -0.127. The number of hydrogen-bond acceptors (Lipinski definition) is 7. The summed E-state index contributed by atoms with van der Waals surface area (Å²) < 4.78 is 28.9. The predicted octanol–water partition coefficient (Wildman–Crippen LogP) is 5.81. The zero-order valence-corrected chi connectivity index (χ0v) is 24.7. The van der Waals surface area contributed by atoms with Crippen LogP contribution in [0.25, 0.3) is 0 Å². The van der Waals surface area contributed by atoms with Gasteiger partial charge in [-0.2, -0.15) is 0 Å². The van der Waals surface area contributed by atoms with Gasteiger partial charge in [0.05, 0.1) is 31.9 Å². The Balaban J connectivity index is 2.02. The van der Waals surface area contributed by atoms with Gasteiger partial charge in [0.25, 0.3) is 0 Å². The fourth-order valence-corrected chi connectivity index (χ4v) is 5.82. The molecule has 6 atom stereocenters. The number of benzene rings is 1. The van der Waals surface area contributed by atoms with Crippen LogP contribution < -0.4 is 9.47 Å². The van der Waals surface area contributed by atoms with E-state index < -0.39 is 11.9 Å². The molecule has 1 aromatic rings. The average molecular weight is 536 g/mol. The maximum Gasteiger partial charge on any atom is 0.411 e. The summed E-state index contributed by atoms with van der Waals surface area (Å²) in [4.78, 5) is 15.7. The van der Waals surface area contributed by atoms with E-state index in [1.165, 1.54) is 0 Å². The molecule has 1 aromatic carbocycles. The van der Waals surface area contributed by atoms with E-state index in [2.05, 4.69) is 27.7 Å². The van der Waals surface area contributed by atoms with Crippen molar-refractivity contribution in [2.45, 2.75) is 97.8 Å². The highest BCUT2D eigenvalue weighted by molar-refractivity contribution is 5.70. The van der Waals surface area contributed by atoms with Gasteiger partial charge in [-0.25, -0.2) is 4.79 Å². The Morgan fingerprint density at radius 1 is 1.05 bits per heavy atom. The Morgan fingerprint density at radius 2 is 1.74 bits per heavy atom. The van der Waals surface area contributed by atoms with Crippen molar-refractivity contribution in [3.63, 3.8) is 0 Å². The molecule has 2 fully saturated rings. The summed E-state index contributed by atoms with van der Waals surface area (Å²) in [5.74, 6) is 2.07. The Morgan fingerprint density at radius 3 is 2.29 bits per heavy atom. The third kappa shape index (κ3) is 7.13. The number of carbonyl (C=O) groups excluding carboxylic acids is 1. The molecule has 8 nitrogen and oxygen atoms in total. The maximum atomic E-state index is 13.8. The van der Waals surface area contributed by atoms with Gasteiger partial charge in [-0.1, -0.05) is 33.8 Å². The molecular formula is C30H49NO7. The summed E-state index contributed by atoms with van der Waals surface area (Å²) in [5, 5.41) is 10.7. The first-order valence-electron chi connectivity index (χ1n) is 14.0. The number of nitrogens with zero attached hydrogens (tertiary/aromatic N) is 1. The number of aliphatic hydroxyl groups is 1. The van der Waals surface area contributed by atoms with Crippen molar-refractivity contribution in [3.8, 4) is 11.5 Å². The molecule has 1 amide bonds. The van der Waals surface area contributed by atoms with Gasteiger partial charge in [0.15, 0.2) is 17.8 Å². The molecule has 3 rings (SSSR count). The third-order valence-electron chi connectivity index (χ3n) is 7.79. The number of aliphatic hydroxyl groups excluding tert-OH is 1. The Bertz CT molecular complexity index is 912. The van der Waals surface area contributed by atoms with Crippen LogP contribution >= 0.6 is 0 Å². The van der Waals surface area contributed by atoms with E-state index in [1.807, 2.05) is 43.9 Å². The monoisotopic (exact) mass is 535 g/mol. The van der Waals surface area contributed by atoms with Crippen molar-refractivity contribution >= 4 is 6.09 Å². The summed E-state index contributed by atoms with van der Waals surface area (Å²) in [6.07, 6.45) is 0.771. The molecule has 0 bridgehead atoms. The van der Waals surface area contributed by atoms with Crippen LogP contribution in [-0.4, -0.2) is 67.6 Å². The van der Waals surface area contributed by atoms with E-state index in [0.29, 0.717) is 37.1 Å². The molecule has 0 radical (unpaired) electrons. The van der Waals surface area contributed by atoms with E-state index in [-0.39, 0.29) is 42.0 Å². The second-order valence-electron chi connectivity index (χ2n) is 12.4. The second-order valence-corrected chi connectivity index (χ2v) is 12.4. The van der Waals surface area contributed by atoms with Crippen LogP contribution in [0.3, 0.4) is 0 Å². The number of ether oxygens (including phenoxy) is 5. The summed E-state index contributed by atoms with van der Waals surface area (Å²) in [7, 11) is 3.30. The van der Waals surface area contributed by atoms with Gasteiger partial charge < -0.3 is 28.8 Å². The Hall–Kier alpha value is -2.03. The summed E-state index contributed by atoms with van der Waals surface area (Å²) in [6.45, 7) is 15.4. The smallest absolute Gasteiger partial charge is 0.411 e. The van der Waals surface area contributed by atoms with Crippen molar-refractivity contribution < 1.29 is 33.6 Å². The summed E-state index contributed by atoms with van der Waals surface area (Å²) in [6, 6.07) is 5.47. The van der Waals surface area contributed by atoms with Gasteiger partial charge in [0.1, 0.15) is 5.60 Å². The molecule has 2 heterocycles. The van der Waals surface area contributed by atoms with Gasteiger partial charge in [-0.05, 0) is 69.1 Å². The lowest BCUT2D eigenvalue weighted by Crippen LogP contribution is -2.46. The van der Waals surface area contributed by atoms with Crippen molar-refractivity contribution in [3.05, 3.63) is 23.8 Å². The van der Waals surface area contributed by atoms with E-state index in [4.69, 9.17) is 23.7 Å². The topological polar surface area (TPSA) is 86.7 Å². The first-order valence-corrected chi connectivity index (χ1v) is 14.0. The standard InChI is InChI=1S/C30H49NO7/c1-18(2)21-16-23(25-17-22(19(3)4)28(32)37-25)31(29(33)38-30(5,6)7)27(21)20-11-12-24(35-9)26(15-20)36-14-10-13-34-8/h11-12,15,18-19,21-23,25,27-28,32H,10,13-14,16-17H2,1-9H3/t21-,22-,23-,25-,27+,28?/m0/s1. The van der Waals surface area contributed by atoms with E-state index in [9.17, 15) is 9.90 Å². The van der Waals surface area contributed by atoms with E-state index in [0.717, 1.165) is 18.4 Å². The SMILES string of the molecule is COCCCOc1cc([C@@H]2[C@H](C(C)C)C[C@@H]([C@@H]3C[C@@H](C(C)C)C(O)O3)N2C(=O)OC(C)(C)C)ccc1OC. The number of rotatable bonds is 10. The molecule has 1 unspecified atom stereocenters. The van der Waals surface area contributed by atoms with Gasteiger partial charge in [-0.3, -0.25) is 4.90 Å². The molecule has 8 heteroatoms. The third-order valence-corrected chi connectivity index (χ3v) is 7.79. The largest absolute Gasteiger partial charge is 0.493 e. The fraction of sp³-hybridized carbons (Fsp3) is 0.767. The van der Waals surface area contributed by atoms with Crippen LogP contribution in [0.4, 0.5) is 4.79 Å². The van der Waals surface area contributed by atoms with Crippen molar-refractivity contribution in [2.75, 3.05) is 27.4 Å². The van der Waals surface area contributed by atoms with Crippen LogP contribution in [0.1, 0.15) is 79.3 Å². The van der Waals surface area contributed by atoms with Crippen LogP contribution in [0, 0.1) is 23.7 Å². The Kier molecular flexibility index (Phi) is 10.3. The van der Waals surface area contributed by atoms with Crippen LogP contribution in [0.2, 0.25) is 0 Å². The van der Waals surface area contributed by atoms with Crippen molar-refractivity contribution in [2.24, 2.45) is 23.7 Å².